The van der Waals surface area contributed by atoms with Crippen molar-refractivity contribution in [2.24, 2.45) is 0 Å². The molecule has 434 valence electrons. The molecule has 0 rings (SSSR count). The van der Waals surface area contributed by atoms with Crippen molar-refractivity contribution in [3.05, 3.63) is 0 Å². The lowest BCUT2D eigenvalue weighted by Gasteiger charge is -1.89. The molecule has 0 saturated heterocycles. The normalized spacial score (nSPS) is 7.78. The van der Waals surface area contributed by atoms with Crippen LogP contribution in [0.5, 0.6) is 0 Å². The Bertz CT molecular complexity index is 912. The molecule has 0 aliphatic carbocycles. The first-order chi connectivity index (χ1) is 33.4. The van der Waals surface area contributed by atoms with Crippen molar-refractivity contribution in [3.63, 3.8) is 0 Å². The molecular formula is C50H102O22. The highest BCUT2D eigenvalue weighted by Crippen LogP contribution is 1.95. The van der Waals surface area contributed by atoms with E-state index in [1.165, 1.54) is 102 Å². The maximum Gasteiger partial charge on any atom is 0.302 e. The number of hydrogen-bond donors (Lipinski definition) is 0. The molecule has 0 aliphatic rings. The number of hydrogen-bond acceptors (Lipinski definition) is 22. The maximum atomic E-state index is 9.82. The Labute approximate surface area is 434 Å². The lowest BCUT2D eigenvalue weighted by molar-refractivity contribution is -0.141. The van der Waals surface area contributed by atoms with Crippen molar-refractivity contribution in [2.75, 3.05) is 72.7 Å². The van der Waals surface area contributed by atoms with Crippen LogP contribution in [0.1, 0.15) is 192 Å². The van der Waals surface area contributed by atoms with Crippen LogP contribution < -0.4 is 0 Å². The van der Waals surface area contributed by atoms with Crippen molar-refractivity contribution in [1.29, 1.82) is 0 Å². The summed E-state index contributed by atoms with van der Waals surface area (Å²) < 4.78 is 48.4. The average Bonchev–Trinajstić information content (AvgIpc) is 3.22. The Balaban J connectivity index is -0.0000000545. The van der Waals surface area contributed by atoms with E-state index in [-0.39, 0.29) is 65.7 Å². The summed E-state index contributed by atoms with van der Waals surface area (Å²) in [6, 6.07) is 0. The predicted octanol–water partition coefficient (Wildman–Crippen LogP) is 8.85. The van der Waals surface area contributed by atoms with Gasteiger partial charge in [-0.15, -0.1) is 0 Å². The van der Waals surface area contributed by atoms with Crippen LogP contribution in [0.2, 0.25) is 0 Å². The molecule has 0 aliphatic heterocycles. The fourth-order valence-electron chi connectivity index (χ4n) is 2.74. The SMILES string of the molecule is CCCCCC.CCOC(C)=O.CCOC(C)=O.CCOC(C)=O.CCOC(C)=O.CCOC(C)=O.CCOC(C)=O.CCOC(C)=O.CCOC(C)=O.CCOC(C)=O.CCOC(C)=O.CCOC(C)=O. The third-order valence-corrected chi connectivity index (χ3v) is 4.78. The van der Waals surface area contributed by atoms with E-state index in [0.29, 0.717) is 72.7 Å². The zero-order valence-corrected chi connectivity index (χ0v) is 49.1. The molecule has 22 heteroatoms. The molecule has 0 unspecified atom stereocenters. The molecule has 0 bridgehead atoms. The lowest BCUT2D eigenvalue weighted by Crippen LogP contribution is -1.95. The van der Waals surface area contributed by atoms with Crippen LogP contribution in [0.15, 0.2) is 0 Å². The van der Waals surface area contributed by atoms with E-state index in [1.54, 1.807) is 76.2 Å². The van der Waals surface area contributed by atoms with E-state index >= 15 is 0 Å². The van der Waals surface area contributed by atoms with Crippen LogP contribution >= 0.6 is 0 Å². The third-order valence-electron chi connectivity index (χ3n) is 4.78. The molecular weight excluding hydrogens is 953 g/mol. The van der Waals surface area contributed by atoms with E-state index in [0.717, 1.165) is 0 Å². The number of unbranched alkanes of at least 4 members (excludes halogenated alkanes) is 3. The van der Waals surface area contributed by atoms with Crippen LogP contribution in [0, 0.1) is 0 Å². The van der Waals surface area contributed by atoms with Gasteiger partial charge in [0, 0.05) is 76.2 Å². The van der Waals surface area contributed by atoms with Crippen LogP contribution in [0.3, 0.4) is 0 Å². The van der Waals surface area contributed by atoms with Gasteiger partial charge in [0.25, 0.3) is 0 Å². The van der Waals surface area contributed by atoms with Gasteiger partial charge in [-0.2, -0.15) is 0 Å². The second kappa shape index (κ2) is 94.9. The van der Waals surface area contributed by atoms with Gasteiger partial charge in [0.05, 0.1) is 72.7 Å². The van der Waals surface area contributed by atoms with Crippen LogP contribution in [-0.4, -0.2) is 138 Å². The number of rotatable bonds is 14. The van der Waals surface area contributed by atoms with Crippen LogP contribution in [0.25, 0.3) is 0 Å². The van der Waals surface area contributed by atoms with Gasteiger partial charge < -0.3 is 52.1 Å². The highest BCUT2D eigenvalue weighted by atomic mass is 16.6. The summed E-state index contributed by atoms with van der Waals surface area (Å²) in [6.45, 7) is 44.6. The molecule has 0 aromatic carbocycles. The average molecular weight is 1060 g/mol. The summed E-state index contributed by atoms with van der Waals surface area (Å²) in [7, 11) is 0. The minimum absolute atomic E-state index is 0.211. The molecule has 22 nitrogen and oxygen atoms in total. The number of carbonyl (C=O) groups is 11. The fraction of sp³-hybridized carbons (Fsp3) is 0.780. The van der Waals surface area contributed by atoms with Gasteiger partial charge in [-0.05, 0) is 76.2 Å². The molecule has 0 radical (unpaired) electrons. The summed E-state index contributed by atoms with van der Waals surface area (Å²) in [5, 5.41) is 0. The Hall–Kier alpha value is -5.83. The van der Waals surface area contributed by atoms with E-state index in [9.17, 15) is 52.7 Å². The van der Waals surface area contributed by atoms with Gasteiger partial charge in [0.15, 0.2) is 0 Å². The first-order valence-electron chi connectivity index (χ1n) is 23.9. The summed E-state index contributed by atoms with van der Waals surface area (Å²) in [5.41, 5.74) is 0. The minimum Gasteiger partial charge on any atom is -0.466 e. The van der Waals surface area contributed by atoms with Gasteiger partial charge in [-0.25, -0.2) is 0 Å². The van der Waals surface area contributed by atoms with Gasteiger partial charge in [0.2, 0.25) is 0 Å². The molecule has 0 aromatic rings. The van der Waals surface area contributed by atoms with Gasteiger partial charge in [0.1, 0.15) is 0 Å². The van der Waals surface area contributed by atoms with Crippen molar-refractivity contribution in [1.82, 2.24) is 0 Å². The van der Waals surface area contributed by atoms with E-state index in [4.69, 9.17) is 0 Å². The second-order valence-electron chi connectivity index (χ2n) is 11.9. The monoisotopic (exact) mass is 1050 g/mol. The van der Waals surface area contributed by atoms with Crippen LogP contribution in [0.4, 0.5) is 0 Å². The van der Waals surface area contributed by atoms with Gasteiger partial charge >= 0.3 is 65.7 Å². The molecule has 72 heavy (non-hydrogen) atoms. The molecule has 0 spiro atoms. The highest BCUT2D eigenvalue weighted by Gasteiger charge is 1.87. The van der Waals surface area contributed by atoms with E-state index in [2.05, 4.69) is 66.0 Å². The number of carbonyl (C=O) groups excluding carboxylic acids is 11. The Morgan fingerprint density at radius 2 is 0.250 bits per heavy atom. The predicted molar refractivity (Wildman–Crippen MR) is 275 cm³/mol. The number of ether oxygens (including phenoxy) is 11. The minimum atomic E-state index is -0.211. The third kappa shape index (κ3) is 281. The molecule has 0 fully saturated rings. The molecule has 0 N–H and O–H groups in total. The zero-order chi connectivity index (χ0) is 59.7. The smallest absolute Gasteiger partial charge is 0.302 e. The molecule has 0 heterocycles. The Morgan fingerprint density at radius 1 is 0.181 bits per heavy atom. The second-order valence-corrected chi connectivity index (χ2v) is 11.9. The van der Waals surface area contributed by atoms with Gasteiger partial charge in [-0.3, -0.25) is 52.7 Å². The summed E-state index contributed by atoms with van der Waals surface area (Å²) in [4.78, 5) is 108. The first-order valence-corrected chi connectivity index (χ1v) is 23.9. The lowest BCUT2D eigenvalue weighted by atomic mass is 10.2. The summed E-state index contributed by atoms with van der Waals surface area (Å²) in [6.07, 6.45) is 5.54. The van der Waals surface area contributed by atoms with Gasteiger partial charge in [-0.1, -0.05) is 39.5 Å². The maximum absolute atomic E-state index is 9.82. The topological polar surface area (TPSA) is 289 Å². The summed E-state index contributed by atoms with van der Waals surface area (Å²) >= 11 is 0. The van der Waals surface area contributed by atoms with Crippen molar-refractivity contribution in [2.45, 2.75) is 192 Å². The largest absolute Gasteiger partial charge is 0.466 e. The number of esters is 11. The van der Waals surface area contributed by atoms with E-state index < -0.39 is 0 Å². The van der Waals surface area contributed by atoms with Crippen molar-refractivity contribution < 1.29 is 105 Å². The summed E-state index contributed by atoms with van der Waals surface area (Å²) in [5.74, 6) is -2.32. The molecule has 0 amide bonds. The van der Waals surface area contributed by atoms with Crippen molar-refractivity contribution in [3.8, 4) is 0 Å². The molecule has 0 aromatic heterocycles. The zero-order valence-electron chi connectivity index (χ0n) is 49.1. The standard InChI is InChI=1S/C6H14.11C4H8O2/c1-3-5-6-4-2;11*1-3-6-4(2)5/h3-6H2,1-2H3;11*3H2,1-2H3. The highest BCUT2D eigenvalue weighted by molar-refractivity contribution is 5.68. The van der Waals surface area contributed by atoms with Crippen LogP contribution in [-0.2, 0) is 105 Å². The molecule has 0 saturated carbocycles. The Kier molecular flexibility index (Phi) is 126. The quantitative estimate of drug-likeness (QED) is 0.0891. The fourth-order valence-corrected chi connectivity index (χ4v) is 2.74. The molecule has 0 atom stereocenters. The first kappa shape index (κ1) is 95.8. The Morgan fingerprint density at radius 3 is 0.264 bits per heavy atom. The van der Waals surface area contributed by atoms with E-state index in [1.807, 2.05) is 0 Å². The van der Waals surface area contributed by atoms with Crippen molar-refractivity contribution >= 4 is 65.7 Å².